The molecule has 0 radical (unpaired) electrons. The molecule has 0 aromatic heterocycles. The monoisotopic (exact) mass is 440 g/mol. The first-order chi connectivity index (χ1) is 15.1. The van der Waals surface area contributed by atoms with E-state index in [4.69, 9.17) is 19.3 Å². The third-order valence-electron chi connectivity index (χ3n) is 5.79. The van der Waals surface area contributed by atoms with E-state index in [-0.39, 0.29) is 5.57 Å². The van der Waals surface area contributed by atoms with Crippen molar-refractivity contribution < 1.29 is 28.9 Å². The van der Waals surface area contributed by atoms with Crippen molar-refractivity contribution in [2.75, 3.05) is 72.3 Å². The van der Waals surface area contributed by atoms with Crippen LogP contribution in [-0.4, -0.2) is 99.1 Å². The molecule has 1 N–H and O–H groups in total. The second-order valence-corrected chi connectivity index (χ2v) is 8.28. The van der Waals surface area contributed by atoms with E-state index in [1.165, 1.54) is 0 Å². The molecule has 31 heavy (non-hydrogen) atoms. The summed E-state index contributed by atoms with van der Waals surface area (Å²) in [5.41, 5.74) is 0.270. The number of hydrogen-bond acceptors (Lipinski definition) is 7. The predicted molar refractivity (Wildman–Crippen MR) is 118 cm³/mol. The zero-order chi connectivity index (χ0) is 22.2. The van der Waals surface area contributed by atoms with Crippen LogP contribution >= 0.6 is 0 Å². The SMILES string of the molecule is O=C(O)/C=C(\CCCCCN1CCOCC1)C(=O)OCCCCCCN1CCOCC1. The molecule has 0 saturated carbocycles. The second-order valence-electron chi connectivity index (χ2n) is 8.28. The Labute approximate surface area is 186 Å². The lowest BCUT2D eigenvalue weighted by atomic mass is 10.1. The highest BCUT2D eigenvalue weighted by Gasteiger charge is 2.14. The Morgan fingerprint density at radius 2 is 1.29 bits per heavy atom. The summed E-state index contributed by atoms with van der Waals surface area (Å²) in [6.07, 6.45) is 8.33. The number of carbonyl (C=O) groups excluding carboxylic acids is 1. The standard InChI is InChI=1S/C23H40N2O6/c26-22(27)20-21(8-4-3-6-10-25-13-18-30-19-14-25)23(28)31-15-7-2-1-5-9-24-11-16-29-17-12-24/h20H,1-19H2,(H,26,27)/b21-20+. The molecule has 0 bridgehead atoms. The van der Waals surface area contributed by atoms with Gasteiger partial charge in [-0.2, -0.15) is 0 Å². The zero-order valence-corrected chi connectivity index (χ0v) is 18.9. The van der Waals surface area contributed by atoms with Gasteiger partial charge in [0.25, 0.3) is 0 Å². The molecule has 2 aliphatic rings. The highest BCUT2D eigenvalue weighted by Crippen LogP contribution is 2.13. The number of esters is 1. The first kappa shape index (κ1) is 25.8. The van der Waals surface area contributed by atoms with Gasteiger partial charge >= 0.3 is 11.9 Å². The quantitative estimate of drug-likeness (QED) is 0.236. The van der Waals surface area contributed by atoms with Gasteiger partial charge in [0.05, 0.1) is 33.0 Å². The van der Waals surface area contributed by atoms with Gasteiger partial charge in [-0.1, -0.05) is 19.3 Å². The number of morpholine rings is 2. The molecule has 0 aromatic carbocycles. The molecule has 2 heterocycles. The van der Waals surface area contributed by atoms with Gasteiger partial charge in [0.2, 0.25) is 0 Å². The van der Waals surface area contributed by atoms with Crippen LogP contribution in [0.3, 0.4) is 0 Å². The minimum absolute atomic E-state index is 0.270. The van der Waals surface area contributed by atoms with E-state index >= 15 is 0 Å². The average Bonchev–Trinajstić information content (AvgIpc) is 2.78. The molecule has 0 spiro atoms. The highest BCUT2D eigenvalue weighted by molar-refractivity contribution is 5.95. The Bertz CT molecular complexity index is 542. The fourth-order valence-corrected chi connectivity index (χ4v) is 3.91. The van der Waals surface area contributed by atoms with Gasteiger partial charge in [0.1, 0.15) is 0 Å². The topological polar surface area (TPSA) is 88.5 Å². The van der Waals surface area contributed by atoms with Crippen molar-refractivity contribution in [3.05, 3.63) is 11.6 Å². The van der Waals surface area contributed by atoms with Gasteiger partial charge in [-0.25, -0.2) is 9.59 Å². The fraction of sp³-hybridized carbons (Fsp3) is 0.826. The lowest BCUT2D eigenvalue weighted by Crippen LogP contribution is -2.36. The number of carboxylic acids is 1. The van der Waals surface area contributed by atoms with E-state index in [1.807, 2.05) is 0 Å². The highest BCUT2D eigenvalue weighted by atomic mass is 16.5. The van der Waals surface area contributed by atoms with E-state index in [0.717, 1.165) is 117 Å². The Morgan fingerprint density at radius 3 is 1.84 bits per heavy atom. The first-order valence-corrected chi connectivity index (χ1v) is 11.9. The van der Waals surface area contributed by atoms with Crippen LogP contribution in [0.25, 0.3) is 0 Å². The number of unbranched alkanes of at least 4 members (excludes halogenated alkanes) is 5. The molecule has 2 rings (SSSR count). The number of ether oxygens (including phenoxy) is 3. The van der Waals surface area contributed by atoms with Gasteiger partial charge in [0, 0.05) is 37.8 Å². The van der Waals surface area contributed by atoms with Crippen LogP contribution in [0.2, 0.25) is 0 Å². The van der Waals surface area contributed by atoms with Crippen LogP contribution in [0.5, 0.6) is 0 Å². The molecule has 0 unspecified atom stereocenters. The van der Waals surface area contributed by atoms with Crippen LogP contribution in [0, 0.1) is 0 Å². The van der Waals surface area contributed by atoms with Crippen molar-refractivity contribution >= 4 is 11.9 Å². The molecule has 2 aliphatic heterocycles. The molecule has 0 aliphatic carbocycles. The number of carboxylic acid groups (broad SMARTS) is 1. The molecular formula is C23H40N2O6. The second kappa shape index (κ2) is 16.2. The number of aliphatic carboxylic acids is 1. The number of nitrogens with zero attached hydrogens (tertiary/aromatic N) is 2. The fourth-order valence-electron chi connectivity index (χ4n) is 3.91. The summed E-state index contributed by atoms with van der Waals surface area (Å²) in [5, 5.41) is 9.07. The summed E-state index contributed by atoms with van der Waals surface area (Å²) in [6, 6.07) is 0. The van der Waals surface area contributed by atoms with Crippen LogP contribution in [0.1, 0.15) is 51.4 Å². The van der Waals surface area contributed by atoms with Gasteiger partial charge in [-0.15, -0.1) is 0 Å². The molecule has 0 atom stereocenters. The molecule has 8 nitrogen and oxygen atoms in total. The Morgan fingerprint density at radius 1 is 0.774 bits per heavy atom. The Balaban J connectivity index is 1.52. The van der Waals surface area contributed by atoms with E-state index in [9.17, 15) is 9.59 Å². The van der Waals surface area contributed by atoms with Crippen LogP contribution in [0.4, 0.5) is 0 Å². The van der Waals surface area contributed by atoms with Gasteiger partial charge in [-0.05, 0) is 45.2 Å². The zero-order valence-electron chi connectivity index (χ0n) is 18.9. The minimum atomic E-state index is -1.09. The van der Waals surface area contributed by atoms with E-state index in [0.29, 0.717) is 13.0 Å². The first-order valence-electron chi connectivity index (χ1n) is 11.9. The lowest BCUT2D eigenvalue weighted by Gasteiger charge is -2.26. The maximum absolute atomic E-state index is 12.3. The molecule has 8 heteroatoms. The summed E-state index contributed by atoms with van der Waals surface area (Å²) in [5.74, 6) is -1.58. The summed E-state index contributed by atoms with van der Waals surface area (Å²) in [6.45, 7) is 9.71. The summed E-state index contributed by atoms with van der Waals surface area (Å²) in [7, 11) is 0. The van der Waals surface area contributed by atoms with E-state index in [2.05, 4.69) is 9.80 Å². The normalized spacial score (nSPS) is 18.8. The van der Waals surface area contributed by atoms with E-state index < -0.39 is 11.9 Å². The molecule has 2 saturated heterocycles. The molecule has 0 amide bonds. The lowest BCUT2D eigenvalue weighted by molar-refractivity contribution is -0.140. The average molecular weight is 441 g/mol. The third-order valence-corrected chi connectivity index (χ3v) is 5.79. The van der Waals surface area contributed by atoms with Crippen molar-refractivity contribution in [3.8, 4) is 0 Å². The third kappa shape index (κ3) is 12.2. The molecule has 0 aromatic rings. The largest absolute Gasteiger partial charge is 0.478 e. The van der Waals surface area contributed by atoms with Gasteiger partial charge in [0.15, 0.2) is 0 Å². The smallest absolute Gasteiger partial charge is 0.334 e. The predicted octanol–water partition coefficient (Wildman–Crippen LogP) is 2.33. The Kier molecular flexibility index (Phi) is 13.5. The summed E-state index contributed by atoms with van der Waals surface area (Å²) < 4.78 is 16.0. The van der Waals surface area contributed by atoms with Gasteiger partial charge < -0.3 is 19.3 Å². The van der Waals surface area contributed by atoms with Crippen molar-refractivity contribution in [1.29, 1.82) is 0 Å². The number of hydrogen-bond donors (Lipinski definition) is 1. The van der Waals surface area contributed by atoms with Crippen LogP contribution in [0.15, 0.2) is 11.6 Å². The maximum atomic E-state index is 12.3. The van der Waals surface area contributed by atoms with Crippen molar-refractivity contribution in [2.24, 2.45) is 0 Å². The van der Waals surface area contributed by atoms with Crippen molar-refractivity contribution in [3.63, 3.8) is 0 Å². The molecule has 178 valence electrons. The van der Waals surface area contributed by atoms with E-state index in [1.54, 1.807) is 0 Å². The van der Waals surface area contributed by atoms with Crippen molar-refractivity contribution in [1.82, 2.24) is 9.80 Å². The summed E-state index contributed by atoms with van der Waals surface area (Å²) in [4.78, 5) is 28.2. The van der Waals surface area contributed by atoms with Crippen LogP contribution in [-0.2, 0) is 23.8 Å². The Hall–Kier alpha value is -1.48. The molecule has 2 fully saturated rings. The van der Waals surface area contributed by atoms with Crippen LogP contribution < -0.4 is 0 Å². The molecular weight excluding hydrogens is 400 g/mol. The number of carbonyl (C=O) groups is 2. The summed E-state index contributed by atoms with van der Waals surface area (Å²) >= 11 is 0. The maximum Gasteiger partial charge on any atom is 0.334 e. The van der Waals surface area contributed by atoms with Crippen molar-refractivity contribution in [2.45, 2.75) is 51.4 Å². The minimum Gasteiger partial charge on any atom is -0.478 e. The van der Waals surface area contributed by atoms with Gasteiger partial charge in [-0.3, -0.25) is 9.80 Å². The number of rotatable bonds is 15.